The molecule has 3 rings (SSSR count). The van der Waals surface area contributed by atoms with Gasteiger partial charge < -0.3 is 18.9 Å². The summed E-state index contributed by atoms with van der Waals surface area (Å²) in [6.45, 7) is 5.36. The summed E-state index contributed by atoms with van der Waals surface area (Å²) in [5.41, 5.74) is 2.32. The fraction of sp³-hybridized carbons (Fsp3) is 0.517. The molecule has 180 valence electrons. The number of hydrogen-bond donors (Lipinski definition) is 0. The van der Waals surface area contributed by atoms with Crippen LogP contribution in [0, 0.1) is 0 Å². The SMILES string of the molecule is CCCCOc1ccc(C=Cc2ccc(OCCCCCCOC3CCCCO3)cc2)cc1. The highest BCUT2D eigenvalue weighted by Crippen LogP contribution is 2.18. The molecule has 1 saturated heterocycles. The van der Waals surface area contributed by atoms with Crippen molar-refractivity contribution in [2.24, 2.45) is 0 Å². The third-order valence-corrected chi connectivity index (χ3v) is 5.74. The molecule has 4 nitrogen and oxygen atoms in total. The maximum absolute atomic E-state index is 5.89. The molecule has 2 aromatic rings. The van der Waals surface area contributed by atoms with Crippen LogP contribution in [0.3, 0.4) is 0 Å². The van der Waals surface area contributed by atoms with Crippen molar-refractivity contribution in [3.8, 4) is 11.5 Å². The van der Waals surface area contributed by atoms with Crippen LogP contribution in [0.15, 0.2) is 48.5 Å². The van der Waals surface area contributed by atoms with E-state index in [1.807, 2.05) is 24.3 Å². The van der Waals surface area contributed by atoms with Crippen LogP contribution in [0.1, 0.15) is 75.8 Å². The lowest BCUT2D eigenvalue weighted by Crippen LogP contribution is -2.22. The molecular weight excluding hydrogens is 412 g/mol. The first-order valence-electron chi connectivity index (χ1n) is 12.7. The van der Waals surface area contributed by atoms with Crippen LogP contribution in [-0.2, 0) is 9.47 Å². The predicted molar refractivity (Wildman–Crippen MR) is 136 cm³/mol. The van der Waals surface area contributed by atoms with Crippen LogP contribution in [0.5, 0.6) is 11.5 Å². The van der Waals surface area contributed by atoms with E-state index >= 15 is 0 Å². The second kappa shape index (κ2) is 15.5. The smallest absolute Gasteiger partial charge is 0.157 e. The zero-order chi connectivity index (χ0) is 23.0. The lowest BCUT2D eigenvalue weighted by molar-refractivity contribution is -0.162. The highest BCUT2D eigenvalue weighted by molar-refractivity contribution is 5.70. The van der Waals surface area contributed by atoms with Crippen LogP contribution in [0.2, 0.25) is 0 Å². The Morgan fingerprint density at radius 2 is 1.30 bits per heavy atom. The summed E-state index contributed by atoms with van der Waals surface area (Å²) in [7, 11) is 0. The molecule has 1 fully saturated rings. The maximum Gasteiger partial charge on any atom is 0.157 e. The summed E-state index contributed by atoms with van der Waals surface area (Å²) in [5.74, 6) is 1.86. The molecule has 0 spiro atoms. The Bertz CT molecular complexity index is 776. The van der Waals surface area contributed by atoms with E-state index in [-0.39, 0.29) is 6.29 Å². The summed E-state index contributed by atoms with van der Waals surface area (Å²) in [4.78, 5) is 0. The van der Waals surface area contributed by atoms with Gasteiger partial charge in [-0.3, -0.25) is 0 Å². The lowest BCUT2D eigenvalue weighted by atomic mass is 10.1. The maximum atomic E-state index is 5.89. The Labute approximate surface area is 199 Å². The van der Waals surface area contributed by atoms with Gasteiger partial charge in [0.15, 0.2) is 6.29 Å². The summed E-state index contributed by atoms with van der Waals surface area (Å²) in [6, 6.07) is 16.5. The van der Waals surface area contributed by atoms with Crippen molar-refractivity contribution in [3.05, 3.63) is 59.7 Å². The molecule has 0 bridgehead atoms. The average Bonchev–Trinajstić information content (AvgIpc) is 2.87. The molecule has 1 heterocycles. The fourth-order valence-corrected chi connectivity index (χ4v) is 3.68. The highest BCUT2D eigenvalue weighted by Gasteiger charge is 2.13. The average molecular weight is 453 g/mol. The van der Waals surface area contributed by atoms with E-state index in [0.29, 0.717) is 0 Å². The Morgan fingerprint density at radius 1 is 0.727 bits per heavy atom. The van der Waals surface area contributed by atoms with Crippen LogP contribution >= 0.6 is 0 Å². The predicted octanol–water partition coefficient (Wildman–Crippen LogP) is 7.52. The fourth-order valence-electron chi connectivity index (χ4n) is 3.68. The molecule has 1 aliphatic heterocycles. The van der Waals surface area contributed by atoms with E-state index in [9.17, 15) is 0 Å². The second-order valence-electron chi connectivity index (χ2n) is 8.60. The van der Waals surface area contributed by atoms with Crippen LogP contribution < -0.4 is 9.47 Å². The van der Waals surface area contributed by atoms with Crippen LogP contribution in [0.25, 0.3) is 12.2 Å². The van der Waals surface area contributed by atoms with Gasteiger partial charge in [0.1, 0.15) is 11.5 Å². The van der Waals surface area contributed by atoms with Crippen molar-refractivity contribution in [1.82, 2.24) is 0 Å². The molecule has 1 aliphatic rings. The van der Waals surface area contributed by atoms with E-state index in [0.717, 1.165) is 87.6 Å². The zero-order valence-electron chi connectivity index (χ0n) is 20.2. The van der Waals surface area contributed by atoms with Crippen LogP contribution in [0.4, 0.5) is 0 Å². The number of ether oxygens (including phenoxy) is 4. The van der Waals surface area contributed by atoms with Gasteiger partial charge in [0.05, 0.1) is 13.2 Å². The molecule has 2 aromatic carbocycles. The molecule has 4 heteroatoms. The van der Waals surface area contributed by atoms with Gasteiger partial charge in [-0.05, 0) is 80.3 Å². The summed E-state index contributed by atoms with van der Waals surface area (Å²) < 4.78 is 23.0. The Balaban J connectivity index is 1.26. The Kier molecular flexibility index (Phi) is 11.9. The molecule has 0 N–H and O–H groups in total. The molecular formula is C29H40O4. The third kappa shape index (κ3) is 10.4. The van der Waals surface area contributed by atoms with Gasteiger partial charge >= 0.3 is 0 Å². The standard InChI is InChI=1S/C29H40O4/c1-2-3-21-30-27-17-13-25(14-18-27)11-12-26-15-19-28(20-16-26)31-22-7-4-5-8-23-32-29-10-6-9-24-33-29/h11-20,29H,2-10,21-24H2,1H3. The first-order valence-corrected chi connectivity index (χ1v) is 12.7. The quantitative estimate of drug-likeness (QED) is 0.207. The van der Waals surface area contributed by atoms with Gasteiger partial charge in [0.25, 0.3) is 0 Å². The van der Waals surface area contributed by atoms with E-state index < -0.39 is 0 Å². The molecule has 1 atom stereocenters. The van der Waals surface area contributed by atoms with Gasteiger partial charge in [-0.1, -0.05) is 56.2 Å². The molecule has 0 aromatic heterocycles. The van der Waals surface area contributed by atoms with Crippen molar-refractivity contribution >= 4 is 12.2 Å². The van der Waals surface area contributed by atoms with E-state index in [1.54, 1.807) is 0 Å². The topological polar surface area (TPSA) is 36.9 Å². The Morgan fingerprint density at radius 3 is 1.85 bits per heavy atom. The molecule has 0 aliphatic carbocycles. The molecule has 0 amide bonds. The first kappa shape index (κ1) is 25.3. The molecule has 33 heavy (non-hydrogen) atoms. The van der Waals surface area contributed by atoms with Crippen molar-refractivity contribution < 1.29 is 18.9 Å². The summed E-state index contributed by atoms with van der Waals surface area (Å²) in [5, 5.41) is 0. The van der Waals surface area contributed by atoms with Gasteiger partial charge in [0.2, 0.25) is 0 Å². The number of rotatable bonds is 15. The van der Waals surface area contributed by atoms with Crippen molar-refractivity contribution in [1.29, 1.82) is 0 Å². The van der Waals surface area contributed by atoms with E-state index in [2.05, 4.69) is 43.3 Å². The Hall–Kier alpha value is -2.30. The largest absolute Gasteiger partial charge is 0.494 e. The zero-order valence-corrected chi connectivity index (χ0v) is 20.2. The van der Waals surface area contributed by atoms with Crippen LogP contribution in [-0.4, -0.2) is 32.7 Å². The summed E-state index contributed by atoms with van der Waals surface area (Å²) in [6.07, 6.45) is 14.5. The number of unbranched alkanes of at least 4 members (excludes halogenated alkanes) is 4. The van der Waals surface area contributed by atoms with Gasteiger partial charge in [-0.25, -0.2) is 0 Å². The van der Waals surface area contributed by atoms with Crippen molar-refractivity contribution in [2.75, 3.05) is 26.4 Å². The minimum atomic E-state index is 0.0374. The number of benzene rings is 2. The van der Waals surface area contributed by atoms with E-state index in [1.165, 1.54) is 19.3 Å². The third-order valence-electron chi connectivity index (χ3n) is 5.74. The van der Waals surface area contributed by atoms with Crippen molar-refractivity contribution in [3.63, 3.8) is 0 Å². The van der Waals surface area contributed by atoms with E-state index in [4.69, 9.17) is 18.9 Å². The first-order chi connectivity index (χ1) is 16.3. The highest BCUT2D eigenvalue weighted by atomic mass is 16.7. The van der Waals surface area contributed by atoms with Gasteiger partial charge in [-0.15, -0.1) is 0 Å². The second-order valence-corrected chi connectivity index (χ2v) is 8.60. The molecule has 1 unspecified atom stereocenters. The monoisotopic (exact) mass is 452 g/mol. The molecule has 0 saturated carbocycles. The van der Waals surface area contributed by atoms with Gasteiger partial charge in [0, 0.05) is 13.2 Å². The minimum Gasteiger partial charge on any atom is -0.494 e. The number of hydrogen-bond acceptors (Lipinski definition) is 4. The minimum absolute atomic E-state index is 0.0374. The lowest BCUT2D eigenvalue weighted by Gasteiger charge is -2.22. The van der Waals surface area contributed by atoms with Crippen molar-refractivity contribution in [2.45, 2.75) is 71.0 Å². The summed E-state index contributed by atoms with van der Waals surface area (Å²) >= 11 is 0. The normalized spacial score (nSPS) is 16.2. The van der Waals surface area contributed by atoms with Gasteiger partial charge in [-0.2, -0.15) is 0 Å². The molecule has 0 radical (unpaired) electrons.